The predicted molar refractivity (Wildman–Crippen MR) is 80.2 cm³/mol. The van der Waals surface area contributed by atoms with Crippen molar-refractivity contribution in [3.8, 4) is 11.6 Å². The molecule has 3 rings (SSSR count). The zero-order valence-electron chi connectivity index (χ0n) is 10.4. The van der Waals surface area contributed by atoms with E-state index in [9.17, 15) is 0 Å². The summed E-state index contributed by atoms with van der Waals surface area (Å²) in [4.78, 5) is 8.68. The van der Waals surface area contributed by atoms with Crippen LogP contribution in [0.25, 0.3) is 11.6 Å². The van der Waals surface area contributed by atoms with Crippen LogP contribution in [0.1, 0.15) is 16.4 Å². The van der Waals surface area contributed by atoms with E-state index in [2.05, 4.69) is 31.1 Å². The fraction of sp³-hybridized carbons (Fsp3) is 0.154. The van der Waals surface area contributed by atoms with Crippen molar-refractivity contribution in [2.24, 2.45) is 5.73 Å². The molecular weight excluding hydrogens is 340 g/mol. The molecule has 0 aliphatic carbocycles. The van der Waals surface area contributed by atoms with Crippen LogP contribution in [0.5, 0.6) is 0 Å². The lowest BCUT2D eigenvalue weighted by Crippen LogP contribution is -1.94. The standard InChI is InChI=1S/C13H11BrN4OS/c14-9-3-1-8(2-4-9)5-11-17-13(19-18-11)10-7-20-12(6-15)16-10/h1-4,7H,5-6,15H2. The first-order valence-corrected chi connectivity index (χ1v) is 7.64. The van der Waals surface area contributed by atoms with Crippen molar-refractivity contribution < 1.29 is 4.52 Å². The Morgan fingerprint density at radius 3 is 2.70 bits per heavy atom. The third-order valence-corrected chi connectivity index (χ3v) is 4.09. The number of benzene rings is 1. The molecule has 0 unspecified atom stereocenters. The van der Waals surface area contributed by atoms with Crippen LogP contribution in [-0.4, -0.2) is 15.1 Å². The van der Waals surface area contributed by atoms with Gasteiger partial charge >= 0.3 is 0 Å². The van der Waals surface area contributed by atoms with Gasteiger partial charge in [-0.15, -0.1) is 11.3 Å². The van der Waals surface area contributed by atoms with Gasteiger partial charge in [-0.1, -0.05) is 33.2 Å². The highest BCUT2D eigenvalue weighted by Crippen LogP contribution is 2.21. The first kappa shape index (κ1) is 13.4. The van der Waals surface area contributed by atoms with E-state index in [4.69, 9.17) is 10.3 Å². The van der Waals surface area contributed by atoms with E-state index in [0.717, 1.165) is 15.0 Å². The highest BCUT2D eigenvalue weighted by Gasteiger charge is 2.12. The fourth-order valence-electron chi connectivity index (χ4n) is 1.72. The van der Waals surface area contributed by atoms with E-state index >= 15 is 0 Å². The average Bonchev–Trinajstić information content (AvgIpc) is 3.10. The van der Waals surface area contributed by atoms with Crippen molar-refractivity contribution in [1.82, 2.24) is 15.1 Å². The lowest BCUT2D eigenvalue weighted by atomic mass is 10.1. The Bertz CT molecular complexity index is 707. The number of aromatic nitrogens is 3. The van der Waals surface area contributed by atoms with Crippen LogP contribution in [0, 0.1) is 0 Å². The summed E-state index contributed by atoms with van der Waals surface area (Å²) < 4.78 is 6.29. The fourth-order valence-corrected chi connectivity index (χ4v) is 2.63. The number of nitrogens with two attached hydrogens (primary N) is 1. The highest BCUT2D eigenvalue weighted by molar-refractivity contribution is 9.10. The van der Waals surface area contributed by atoms with Crippen molar-refractivity contribution in [1.29, 1.82) is 0 Å². The molecule has 2 aromatic heterocycles. The summed E-state index contributed by atoms with van der Waals surface area (Å²) in [5, 5.41) is 6.71. The van der Waals surface area contributed by atoms with Crippen LogP contribution < -0.4 is 5.73 Å². The van der Waals surface area contributed by atoms with Gasteiger partial charge in [0, 0.05) is 22.8 Å². The van der Waals surface area contributed by atoms with E-state index < -0.39 is 0 Å². The van der Waals surface area contributed by atoms with Gasteiger partial charge in [0.1, 0.15) is 10.7 Å². The third-order valence-electron chi connectivity index (χ3n) is 2.69. The number of hydrogen-bond donors (Lipinski definition) is 1. The summed E-state index contributed by atoms with van der Waals surface area (Å²) in [5.41, 5.74) is 7.35. The van der Waals surface area contributed by atoms with E-state index in [1.165, 1.54) is 11.3 Å². The van der Waals surface area contributed by atoms with E-state index in [1.807, 2.05) is 29.6 Å². The zero-order chi connectivity index (χ0) is 13.9. The minimum Gasteiger partial charge on any atom is -0.332 e. The SMILES string of the molecule is NCc1nc(-c2nc(Cc3ccc(Br)cc3)no2)cs1. The zero-order valence-corrected chi connectivity index (χ0v) is 12.8. The molecule has 0 saturated carbocycles. The maximum Gasteiger partial charge on any atom is 0.277 e. The lowest BCUT2D eigenvalue weighted by molar-refractivity contribution is 0.423. The van der Waals surface area contributed by atoms with Crippen molar-refractivity contribution in [2.45, 2.75) is 13.0 Å². The summed E-state index contributed by atoms with van der Waals surface area (Å²) in [6, 6.07) is 8.03. The summed E-state index contributed by atoms with van der Waals surface area (Å²) >= 11 is 4.90. The number of halogens is 1. The summed E-state index contributed by atoms with van der Waals surface area (Å²) in [5.74, 6) is 1.08. The first-order chi connectivity index (χ1) is 9.74. The van der Waals surface area contributed by atoms with Gasteiger partial charge in [0.15, 0.2) is 5.82 Å². The second-order valence-corrected chi connectivity index (χ2v) is 6.01. The first-order valence-electron chi connectivity index (χ1n) is 5.96. The van der Waals surface area contributed by atoms with Crippen molar-refractivity contribution in [2.75, 3.05) is 0 Å². The van der Waals surface area contributed by atoms with Gasteiger partial charge in [0.2, 0.25) is 0 Å². The molecule has 102 valence electrons. The molecule has 1 aromatic carbocycles. The molecule has 20 heavy (non-hydrogen) atoms. The largest absolute Gasteiger partial charge is 0.332 e. The maximum absolute atomic E-state index is 5.54. The van der Waals surface area contributed by atoms with Gasteiger partial charge in [0.25, 0.3) is 5.89 Å². The smallest absolute Gasteiger partial charge is 0.277 e. The van der Waals surface area contributed by atoms with Crippen LogP contribution in [-0.2, 0) is 13.0 Å². The second-order valence-electron chi connectivity index (χ2n) is 4.15. The van der Waals surface area contributed by atoms with Crippen molar-refractivity contribution >= 4 is 27.3 Å². The number of hydrogen-bond acceptors (Lipinski definition) is 6. The number of thiazole rings is 1. The third kappa shape index (κ3) is 2.95. The molecule has 0 saturated heterocycles. The van der Waals surface area contributed by atoms with Crippen molar-refractivity contribution in [3.63, 3.8) is 0 Å². The summed E-state index contributed by atoms with van der Waals surface area (Å²) in [6.07, 6.45) is 0.630. The van der Waals surface area contributed by atoms with Crippen LogP contribution in [0.4, 0.5) is 0 Å². The molecule has 0 radical (unpaired) electrons. The van der Waals surface area contributed by atoms with Gasteiger partial charge < -0.3 is 10.3 Å². The molecule has 0 fully saturated rings. The highest BCUT2D eigenvalue weighted by atomic mass is 79.9. The normalized spacial score (nSPS) is 10.9. The Morgan fingerprint density at radius 2 is 2.00 bits per heavy atom. The molecule has 0 aliphatic rings. The van der Waals surface area contributed by atoms with Gasteiger partial charge in [0.05, 0.1) is 0 Å². The molecule has 2 heterocycles. The van der Waals surface area contributed by atoms with E-state index in [0.29, 0.717) is 30.4 Å². The van der Waals surface area contributed by atoms with Crippen LogP contribution in [0.2, 0.25) is 0 Å². The number of rotatable bonds is 4. The molecule has 0 atom stereocenters. The van der Waals surface area contributed by atoms with Crippen LogP contribution in [0.3, 0.4) is 0 Å². The molecule has 0 amide bonds. The Kier molecular flexibility index (Phi) is 3.90. The molecule has 7 heteroatoms. The molecule has 0 spiro atoms. The van der Waals surface area contributed by atoms with Crippen LogP contribution in [0.15, 0.2) is 38.6 Å². The summed E-state index contributed by atoms with van der Waals surface area (Å²) in [6.45, 7) is 0.421. The molecule has 0 bridgehead atoms. The van der Waals surface area contributed by atoms with Gasteiger partial charge in [-0.25, -0.2) is 4.98 Å². The predicted octanol–water partition coefficient (Wildman–Crippen LogP) is 3.01. The van der Waals surface area contributed by atoms with Crippen molar-refractivity contribution in [3.05, 3.63) is 50.5 Å². The topological polar surface area (TPSA) is 77.8 Å². The Morgan fingerprint density at radius 1 is 1.20 bits per heavy atom. The minimum absolute atomic E-state index is 0.421. The Hall–Kier alpha value is -1.57. The summed E-state index contributed by atoms with van der Waals surface area (Å²) in [7, 11) is 0. The molecule has 3 aromatic rings. The Balaban J connectivity index is 1.78. The number of nitrogens with zero attached hydrogens (tertiary/aromatic N) is 3. The van der Waals surface area contributed by atoms with Gasteiger partial charge in [-0.3, -0.25) is 0 Å². The van der Waals surface area contributed by atoms with E-state index in [-0.39, 0.29) is 0 Å². The monoisotopic (exact) mass is 350 g/mol. The van der Waals surface area contributed by atoms with Gasteiger partial charge in [-0.2, -0.15) is 4.98 Å². The second kappa shape index (κ2) is 5.82. The Labute approximate surface area is 128 Å². The molecule has 0 aliphatic heterocycles. The molecular formula is C13H11BrN4OS. The lowest BCUT2D eigenvalue weighted by Gasteiger charge is -1.96. The maximum atomic E-state index is 5.54. The quantitative estimate of drug-likeness (QED) is 0.782. The molecule has 2 N–H and O–H groups in total. The molecule has 5 nitrogen and oxygen atoms in total. The average molecular weight is 351 g/mol. The van der Waals surface area contributed by atoms with Gasteiger partial charge in [-0.05, 0) is 17.7 Å². The minimum atomic E-state index is 0.421. The van der Waals surface area contributed by atoms with Crippen LogP contribution >= 0.6 is 27.3 Å². The van der Waals surface area contributed by atoms with E-state index in [1.54, 1.807) is 0 Å².